The van der Waals surface area contributed by atoms with Gasteiger partial charge >= 0.3 is 0 Å². The molecule has 1 atom stereocenters. The van der Waals surface area contributed by atoms with E-state index in [-0.39, 0.29) is 0 Å². The average molecular weight is 266 g/mol. The maximum atomic E-state index is 4.51. The van der Waals surface area contributed by atoms with Gasteiger partial charge in [0.2, 0.25) is 5.13 Å². The van der Waals surface area contributed by atoms with Crippen LogP contribution in [0.4, 0.5) is 5.13 Å². The van der Waals surface area contributed by atoms with Crippen molar-refractivity contribution in [3.63, 3.8) is 0 Å². The summed E-state index contributed by atoms with van der Waals surface area (Å²) in [6, 6.07) is 0.924. The Labute approximate surface area is 113 Å². The minimum absolute atomic E-state index is 0.795. The zero-order valence-corrected chi connectivity index (χ0v) is 11.9. The molecule has 1 aliphatic carbocycles. The van der Waals surface area contributed by atoms with Crippen molar-refractivity contribution >= 4 is 16.7 Å². The molecule has 2 aliphatic rings. The predicted octanol–water partition coefficient (Wildman–Crippen LogP) is 2.39. The standard InChI is InChI=1S/C13H22N4S/c1-2-3-12-15-13(18-16-12)14-8-10-6-7-17(9-10)11-4-5-11/h10-11H,2-9H2,1H3,(H,14,15,16). The van der Waals surface area contributed by atoms with E-state index < -0.39 is 0 Å². The number of likely N-dealkylation sites (tertiary alicyclic amines) is 1. The molecule has 4 nitrogen and oxygen atoms in total. The normalized spacial score (nSPS) is 24.6. The number of hydrogen-bond donors (Lipinski definition) is 1. The molecule has 1 aromatic heterocycles. The first-order chi connectivity index (χ1) is 8.85. The molecule has 2 fully saturated rings. The van der Waals surface area contributed by atoms with Gasteiger partial charge in [0.05, 0.1) is 0 Å². The maximum absolute atomic E-state index is 4.51. The number of aryl methyl sites for hydroxylation is 1. The molecule has 3 rings (SSSR count). The molecule has 1 unspecified atom stereocenters. The Morgan fingerprint density at radius 3 is 3.06 bits per heavy atom. The first-order valence-corrected chi connectivity index (χ1v) is 7.93. The highest BCUT2D eigenvalue weighted by molar-refractivity contribution is 7.09. The lowest BCUT2D eigenvalue weighted by molar-refractivity contribution is 0.316. The van der Waals surface area contributed by atoms with Crippen LogP contribution in [0.3, 0.4) is 0 Å². The summed E-state index contributed by atoms with van der Waals surface area (Å²) in [5, 5.41) is 4.47. The second-order valence-corrected chi connectivity index (χ2v) is 6.28. The molecule has 1 saturated carbocycles. The van der Waals surface area contributed by atoms with Crippen LogP contribution in [-0.2, 0) is 6.42 Å². The van der Waals surface area contributed by atoms with E-state index in [9.17, 15) is 0 Å². The van der Waals surface area contributed by atoms with Crippen LogP contribution < -0.4 is 5.32 Å². The molecule has 100 valence electrons. The minimum atomic E-state index is 0.795. The summed E-state index contributed by atoms with van der Waals surface area (Å²) >= 11 is 1.51. The summed E-state index contributed by atoms with van der Waals surface area (Å²) in [5.74, 6) is 1.79. The Bertz CT molecular complexity index is 388. The SMILES string of the molecule is CCCc1nsc(NCC2CCN(C3CC3)C2)n1. The van der Waals surface area contributed by atoms with Crippen molar-refractivity contribution in [3.8, 4) is 0 Å². The minimum Gasteiger partial charge on any atom is -0.360 e. The van der Waals surface area contributed by atoms with Crippen LogP contribution in [0.5, 0.6) is 0 Å². The highest BCUT2D eigenvalue weighted by Crippen LogP contribution is 2.31. The Morgan fingerprint density at radius 1 is 1.39 bits per heavy atom. The first kappa shape index (κ1) is 12.4. The quantitative estimate of drug-likeness (QED) is 0.858. The molecule has 0 aromatic carbocycles. The summed E-state index contributed by atoms with van der Waals surface area (Å²) < 4.78 is 4.36. The highest BCUT2D eigenvalue weighted by atomic mass is 32.1. The third-order valence-electron chi connectivity index (χ3n) is 3.86. The van der Waals surface area contributed by atoms with E-state index in [4.69, 9.17) is 0 Å². The molecular formula is C13H22N4S. The zero-order chi connectivity index (χ0) is 12.4. The topological polar surface area (TPSA) is 41.1 Å². The lowest BCUT2D eigenvalue weighted by atomic mass is 10.1. The third-order valence-corrected chi connectivity index (χ3v) is 4.57. The molecule has 0 spiro atoms. The first-order valence-electron chi connectivity index (χ1n) is 7.15. The van der Waals surface area contributed by atoms with Crippen LogP contribution in [0.2, 0.25) is 0 Å². The van der Waals surface area contributed by atoms with Crippen molar-refractivity contribution in [2.24, 2.45) is 5.92 Å². The molecule has 0 amide bonds. The lowest BCUT2D eigenvalue weighted by Crippen LogP contribution is -2.24. The van der Waals surface area contributed by atoms with Gasteiger partial charge in [0.15, 0.2) is 0 Å². The number of aromatic nitrogens is 2. The van der Waals surface area contributed by atoms with Gasteiger partial charge in [0.1, 0.15) is 5.82 Å². The van der Waals surface area contributed by atoms with E-state index >= 15 is 0 Å². The molecule has 18 heavy (non-hydrogen) atoms. The molecule has 1 aromatic rings. The van der Waals surface area contributed by atoms with Gasteiger partial charge in [-0.05, 0) is 38.1 Å². The fourth-order valence-electron chi connectivity index (χ4n) is 2.68. The van der Waals surface area contributed by atoms with Gasteiger partial charge in [-0.2, -0.15) is 4.37 Å². The predicted molar refractivity (Wildman–Crippen MR) is 75.1 cm³/mol. The van der Waals surface area contributed by atoms with Crippen molar-refractivity contribution < 1.29 is 0 Å². The van der Waals surface area contributed by atoms with E-state index in [0.29, 0.717) is 0 Å². The molecule has 0 bridgehead atoms. The summed E-state index contributed by atoms with van der Waals surface area (Å²) in [5.41, 5.74) is 0. The van der Waals surface area contributed by atoms with Crippen molar-refractivity contribution in [2.75, 3.05) is 25.0 Å². The van der Waals surface area contributed by atoms with E-state index in [1.54, 1.807) is 0 Å². The number of rotatable bonds is 6. The summed E-state index contributed by atoms with van der Waals surface area (Å²) in [6.45, 7) is 5.80. The molecule has 1 aliphatic heterocycles. The Morgan fingerprint density at radius 2 is 2.28 bits per heavy atom. The smallest absolute Gasteiger partial charge is 0.202 e. The fraction of sp³-hybridized carbons (Fsp3) is 0.846. The molecular weight excluding hydrogens is 244 g/mol. The second-order valence-electron chi connectivity index (χ2n) is 5.53. The van der Waals surface area contributed by atoms with E-state index in [2.05, 4.69) is 26.5 Å². The summed E-state index contributed by atoms with van der Waals surface area (Å²) in [4.78, 5) is 7.17. The van der Waals surface area contributed by atoms with Crippen LogP contribution in [0.1, 0.15) is 38.4 Å². The Hall–Kier alpha value is -0.680. The number of hydrogen-bond acceptors (Lipinski definition) is 5. The van der Waals surface area contributed by atoms with Crippen LogP contribution >= 0.6 is 11.5 Å². The van der Waals surface area contributed by atoms with Crippen LogP contribution in [0.15, 0.2) is 0 Å². The Balaban J connectivity index is 1.43. The van der Waals surface area contributed by atoms with Crippen molar-refractivity contribution in [3.05, 3.63) is 5.82 Å². The number of anilines is 1. The van der Waals surface area contributed by atoms with Gasteiger partial charge in [-0.1, -0.05) is 6.92 Å². The van der Waals surface area contributed by atoms with Gasteiger partial charge in [-0.15, -0.1) is 0 Å². The molecule has 1 N–H and O–H groups in total. The average Bonchev–Trinajstić information content (AvgIpc) is 2.95. The zero-order valence-electron chi connectivity index (χ0n) is 11.1. The monoisotopic (exact) mass is 266 g/mol. The fourth-order valence-corrected chi connectivity index (χ4v) is 3.30. The second kappa shape index (κ2) is 5.53. The maximum Gasteiger partial charge on any atom is 0.202 e. The van der Waals surface area contributed by atoms with Crippen LogP contribution in [0.25, 0.3) is 0 Å². The van der Waals surface area contributed by atoms with Crippen LogP contribution in [0, 0.1) is 5.92 Å². The third kappa shape index (κ3) is 3.01. The molecule has 5 heteroatoms. The van der Waals surface area contributed by atoms with Gasteiger partial charge in [0.25, 0.3) is 0 Å². The lowest BCUT2D eigenvalue weighted by Gasteiger charge is -2.14. The number of nitrogens with one attached hydrogen (secondary N) is 1. The van der Waals surface area contributed by atoms with Gasteiger partial charge in [0, 0.05) is 37.1 Å². The van der Waals surface area contributed by atoms with E-state index in [0.717, 1.165) is 42.3 Å². The van der Waals surface area contributed by atoms with E-state index in [1.165, 1.54) is 43.9 Å². The molecule has 0 radical (unpaired) electrons. The van der Waals surface area contributed by atoms with E-state index in [1.807, 2.05) is 0 Å². The van der Waals surface area contributed by atoms with Gasteiger partial charge < -0.3 is 10.2 Å². The van der Waals surface area contributed by atoms with Gasteiger partial charge in [-0.25, -0.2) is 4.98 Å². The summed E-state index contributed by atoms with van der Waals surface area (Å²) in [7, 11) is 0. The van der Waals surface area contributed by atoms with Crippen molar-refractivity contribution in [1.82, 2.24) is 14.3 Å². The largest absolute Gasteiger partial charge is 0.360 e. The highest BCUT2D eigenvalue weighted by Gasteiger charge is 2.34. The molecule has 1 saturated heterocycles. The van der Waals surface area contributed by atoms with Crippen LogP contribution in [-0.4, -0.2) is 39.9 Å². The van der Waals surface area contributed by atoms with Crippen molar-refractivity contribution in [2.45, 2.75) is 45.1 Å². The molecule has 2 heterocycles. The van der Waals surface area contributed by atoms with Gasteiger partial charge in [-0.3, -0.25) is 0 Å². The Kier molecular flexibility index (Phi) is 3.80. The number of nitrogens with zero attached hydrogens (tertiary/aromatic N) is 3. The van der Waals surface area contributed by atoms with Crippen molar-refractivity contribution in [1.29, 1.82) is 0 Å². The summed E-state index contributed by atoms with van der Waals surface area (Å²) in [6.07, 6.45) is 6.31.